The van der Waals surface area contributed by atoms with E-state index in [1.807, 2.05) is 12.1 Å². The van der Waals surface area contributed by atoms with Gasteiger partial charge in [-0.15, -0.1) is 0 Å². The summed E-state index contributed by atoms with van der Waals surface area (Å²) in [6, 6.07) is 8.53. The number of nitrogens with zero attached hydrogens (tertiary/aromatic N) is 3. The number of hydrogen-bond donors (Lipinski definition) is 1. The lowest BCUT2D eigenvalue weighted by Gasteiger charge is -2.37. The molecule has 1 saturated carbocycles. The number of hydrogen-bond acceptors (Lipinski definition) is 3. The van der Waals surface area contributed by atoms with Crippen molar-refractivity contribution < 1.29 is 4.79 Å². The smallest absolute Gasteiger partial charge is 0.317 e. The predicted octanol–water partition coefficient (Wildman–Crippen LogP) is 3.68. The average Bonchev–Trinajstić information content (AvgIpc) is 2.68. The molecule has 0 aromatic heterocycles. The molecule has 2 fully saturated rings. The van der Waals surface area contributed by atoms with Crippen LogP contribution in [0.3, 0.4) is 0 Å². The molecule has 0 unspecified atom stereocenters. The van der Waals surface area contributed by atoms with Gasteiger partial charge in [0.25, 0.3) is 0 Å². The highest BCUT2D eigenvalue weighted by Gasteiger charge is 2.24. The Morgan fingerprint density at radius 1 is 1.11 bits per heavy atom. The van der Waals surface area contributed by atoms with Gasteiger partial charge in [0.05, 0.1) is 10.7 Å². The second kappa shape index (κ2) is 9.65. The maximum Gasteiger partial charge on any atom is 0.317 e. The van der Waals surface area contributed by atoms with E-state index in [2.05, 4.69) is 27.2 Å². The Hall–Kier alpha value is -1.46. The molecule has 1 heterocycles. The third-order valence-electron chi connectivity index (χ3n) is 6.00. The Kier molecular flexibility index (Phi) is 7.25. The monoisotopic (exact) mass is 392 g/mol. The molecule has 1 aromatic carbocycles. The van der Waals surface area contributed by atoms with Crippen LogP contribution in [0.1, 0.15) is 32.1 Å². The highest BCUT2D eigenvalue weighted by atomic mass is 35.5. The van der Waals surface area contributed by atoms with Gasteiger partial charge in [-0.05, 0) is 56.7 Å². The lowest BCUT2D eigenvalue weighted by Crippen LogP contribution is -2.47. The van der Waals surface area contributed by atoms with Crippen molar-refractivity contribution >= 4 is 23.3 Å². The molecule has 3 rings (SSSR count). The van der Waals surface area contributed by atoms with Crippen LogP contribution in [0.5, 0.6) is 0 Å². The molecular formula is C21H33ClN4O. The van der Waals surface area contributed by atoms with Gasteiger partial charge < -0.3 is 15.1 Å². The van der Waals surface area contributed by atoms with Crippen LogP contribution in [0.2, 0.25) is 5.02 Å². The number of carbonyl (C=O) groups is 1. The summed E-state index contributed by atoms with van der Waals surface area (Å²) < 4.78 is 0. The minimum atomic E-state index is 0.0369. The van der Waals surface area contributed by atoms with Gasteiger partial charge in [0.15, 0.2) is 0 Å². The van der Waals surface area contributed by atoms with E-state index < -0.39 is 0 Å². The van der Waals surface area contributed by atoms with E-state index in [1.54, 1.807) is 19.0 Å². The summed E-state index contributed by atoms with van der Waals surface area (Å²) in [7, 11) is 3.60. The maximum absolute atomic E-state index is 11.8. The number of carbonyl (C=O) groups excluding carboxylic acids is 1. The molecule has 1 N–H and O–H groups in total. The molecule has 1 aliphatic heterocycles. The minimum absolute atomic E-state index is 0.0369. The lowest BCUT2D eigenvalue weighted by molar-refractivity contribution is 0.194. The van der Waals surface area contributed by atoms with Crippen LogP contribution in [0.4, 0.5) is 10.5 Å². The number of halogens is 1. The van der Waals surface area contributed by atoms with Crippen LogP contribution in [-0.2, 0) is 0 Å². The molecule has 0 radical (unpaired) electrons. The molecule has 5 nitrogen and oxygen atoms in total. The first-order chi connectivity index (χ1) is 13.0. The summed E-state index contributed by atoms with van der Waals surface area (Å²) >= 11 is 6.33. The van der Waals surface area contributed by atoms with E-state index in [0.29, 0.717) is 6.04 Å². The zero-order chi connectivity index (χ0) is 19.2. The molecule has 1 aromatic rings. The number of piperazine rings is 1. The Balaban J connectivity index is 1.34. The van der Waals surface area contributed by atoms with Crippen molar-refractivity contribution in [3.63, 3.8) is 0 Å². The van der Waals surface area contributed by atoms with Crippen molar-refractivity contribution in [2.75, 3.05) is 51.7 Å². The van der Waals surface area contributed by atoms with Gasteiger partial charge in [0.2, 0.25) is 0 Å². The highest BCUT2D eigenvalue weighted by Crippen LogP contribution is 2.28. The number of amides is 2. The molecule has 27 heavy (non-hydrogen) atoms. The Bertz CT molecular complexity index is 608. The van der Waals surface area contributed by atoms with Gasteiger partial charge in [0.1, 0.15) is 0 Å². The van der Waals surface area contributed by atoms with Crippen LogP contribution in [-0.4, -0.2) is 68.7 Å². The Morgan fingerprint density at radius 2 is 1.78 bits per heavy atom. The molecule has 2 amide bonds. The predicted molar refractivity (Wildman–Crippen MR) is 113 cm³/mol. The van der Waals surface area contributed by atoms with E-state index in [0.717, 1.165) is 55.6 Å². The molecule has 1 aliphatic carbocycles. The summed E-state index contributed by atoms with van der Waals surface area (Å²) in [6.07, 6.45) is 5.98. The first kappa shape index (κ1) is 20.3. The molecule has 0 atom stereocenters. The summed E-state index contributed by atoms with van der Waals surface area (Å²) in [4.78, 5) is 18.4. The van der Waals surface area contributed by atoms with Crippen molar-refractivity contribution in [1.29, 1.82) is 0 Å². The molecule has 6 heteroatoms. The molecule has 0 spiro atoms. The van der Waals surface area contributed by atoms with Crippen LogP contribution in [0.25, 0.3) is 0 Å². The van der Waals surface area contributed by atoms with E-state index in [4.69, 9.17) is 11.6 Å². The van der Waals surface area contributed by atoms with Gasteiger partial charge >= 0.3 is 6.03 Å². The van der Waals surface area contributed by atoms with E-state index in [-0.39, 0.29) is 6.03 Å². The topological polar surface area (TPSA) is 38.8 Å². The maximum atomic E-state index is 11.8. The summed E-state index contributed by atoms with van der Waals surface area (Å²) in [5.74, 6) is 0.805. The molecule has 0 bridgehead atoms. The van der Waals surface area contributed by atoms with Crippen LogP contribution in [0.15, 0.2) is 24.3 Å². The first-order valence-corrected chi connectivity index (χ1v) is 10.6. The van der Waals surface area contributed by atoms with E-state index >= 15 is 0 Å². The fraction of sp³-hybridized carbons (Fsp3) is 0.667. The zero-order valence-corrected chi connectivity index (χ0v) is 17.4. The van der Waals surface area contributed by atoms with Gasteiger partial charge in [-0.3, -0.25) is 4.90 Å². The number of rotatable bonds is 5. The number of anilines is 1. The second-order valence-electron chi connectivity index (χ2n) is 8.13. The highest BCUT2D eigenvalue weighted by molar-refractivity contribution is 6.33. The normalized spacial score (nSPS) is 23.9. The summed E-state index contributed by atoms with van der Waals surface area (Å²) in [5, 5.41) is 3.98. The largest absolute Gasteiger partial charge is 0.368 e. The Labute approximate surface area is 168 Å². The second-order valence-corrected chi connectivity index (χ2v) is 8.54. The summed E-state index contributed by atoms with van der Waals surface area (Å²) in [5.41, 5.74) is 1.16. The van der Waals surface area contributed by atoms with Crippen LogP contribution in [0, 0.1) is 5.92 Å². The van der Waals surface area contributed by atoms with E-state index in [9.17, 15) is 4.79 Å². The van der Waals surface area contributed by atoms with Crippen LogP contribution < -0.4 is 10.2 Å². The first-order valence-electron chi connectivity index (χ1n) is 10.2. The molecule has 2 aliphatic rings. The molecule has 1 saturated heterocycles. The standard InChI is InChI=1S/C21H33ClN4O/c1-24(2)21(27)23-18-9-7-17(8-10-18)11-12-25-13-15-26(16-14-25)20-6-4-3-5-19(20)22/h3-6,17-18H,7-16H2,1-2H3,(H,23,27). The van der Waals surface area contributed by atoms with Crippen molar-refractivity contribution in [1.82, 2.24) is 15.1 Å². The Morgan fingerprint density at radius 3 is 2.41 bits per heavy atom. The minimum Gasteiger partial charge on any atom is -0.368 e. The van der Waals surface area contributed by atoms with Gasteiger partial charge in [-0.25, -0.2) is 4.79 Å². The van der Waals surface area contributed by atoms with Crippen molar-refractivity contribution in [3.8, 4) is 0 Å². The number of para-hydroxylation sites is 1. The SMILES string of the molecule is CN(C)C(=O)NC1CCC(CCN2CCN(c3ccccc3Cl)CC2)CC1. The van der Waals surface area contributed by atoms with E-state index in [1.165, 1.54) is 25.8 Å². The lowest BCUT2D eigenvalue weighted by atomic mass is 9.84. The quantitative estimate of drug-likeness (QED) is 0.830. The van der Waals surface area contributed by atoms with Gasteiger partial charge in [-0.2, -0.15) is 0 Å². The fourth-order valence-corrected chi connectivity index (χ4v) is 4.44. The molecular weight excluding hydrogens is 360 g/mol. The van der Waals surface area contributed by atoms with Gasteiger partial charge in [-0.1, -0.05) is 23.7 Å². The summed E-state index contributed by atoms with van der Waals surface area (Å²) in [6.45, 7) is 5.51. The fourth-order valence-electron chi connectivity index (χ4n) is 4.18. The number of urea groups is 1. The van der Waals surface area contributed by atoms with Crippen molar-refractivity contribution in [3.05, 3.63) is 29.3 Å². The number of nitrogens with one attached hydrogen (secondary N) is 1. The third-order valence-corrected chi connectivity index (χ3v) is 6.32. The zero-order valence-electron chi connectivity index (χ0n) is 16.7. The average molecular weight is 393 g/mol. The van der Waals surface area contributed by atoms with Gasteiger partial charge in [0, 0.05) is 46.3 Å². The molecule has 150 valence electrons. The third kappa shape index (κ3) is 5.76. The van der Waals surface area contributed by atoms with Crippen molar-refractivity contribution in [2.24, 2.45) is 5.92 Å². The number of benzene rings is 1. The van der Waals surface area contributed by atoms with Crippen molar-refractivity contribution in [2.45, 2.75) is 38.1 Å². The van der Waals surface area contributed by atoms with Crippen LogP contribution >= 0.6 is 11.6 Å².